The third kappa shape index (κ3) is 6.94. The lowest BCUT2D eigenvalue weighted by atomic mass is 10.0. The highest BCUT2D eigenvalue weighted by molar-refractivity contribution is 7.98. The first-order valence-corrected chi connectivity index (χ1v) is 11.5. The summed E-state index contributed by atoms with van der Waals surface area (Å²) in [4.78, 5) is 44.5. The fraction of sp³-hybridized carbons (Fsp3) is 0.429. The summed E-state index contributed by atoms with van der Waals surface area (Å²) < 4.78 is 11.0. The van der Waals surface area contributed by atoms with E-state index >= 15 is 0 Å². The predicted octanol–water partition coefficient (Wildman–Crippen LogP) is 3.52. The zero-order valence-electron chi connectivity index (χ0n) is 19.5. The molecule has 1 unspecified atom stereocenters. The van der Waals surface area contributed by atoms with Crippen LogP contribution in [0.3, 0.4) is 0 Å². The van der Waals surface area contributed by atoms with Gasteiger partial charge in [0.25, 0.3) is 5.91 Å². The molecule has 0 aliphatic heterocycles. The quantitative estimate of drug-likeness (QED) is 0.193. The number of amides is 1. The van der Waals surface area contributed by atoms with E-state index in [1.54, 1.807) is 20.4 Å². The molecule has 0 saturated carbocycles. The molecule has 1 amide bonds. The summed E-state index contributed by atoms with van der Waals surface area (Å²) in [5.41, 5.74) is -0.245. The topological polar surface area (TPSA) is 157 Å². The highest BCUT2D eigenvalue weighted by atomic mass is 32.2. The molecule has 0 bridgehead atoms. The van der Waals surface area contributed by atoms with E-state index in [9.17, 15) is 19.7 Å². The highest BCUT2D eigenvalue weighted by Gasteiger charge is 2.28. The van der Waals surface area contributed by atoms with Crippen LogP contribution in [0.5, 0.6) is 17.4 Å². The molecule has 0 radical (unpaired) electrons. The minimum Gasteiger partial charge on any atom is -0.497 e. The predicted molar refractivity (Wildman–Crippen MR) is 126 cm³/mol. The molecule has 1 aromatic heterocycles. The Kier molecular flexibility index (Phi) is 9.42. The van der Waals surface area contributed by atoms with Gasteiger partial charge in [0.2, 0.25) is 5.82 Å². The minimum absolute atomic E-state index is 0.0873. The van der Waals surface area contributed by atoms with Gasteiger partial charge < -0.3 is 24.8 Å². The molecule has 2 rings (SSSR count). The normalized spacial score (nSPS) is 11.4. The number of carboxylic acid groups (broad SMARTS) is 1. The number of benzene rings is 1. The highest BCUT2D eigenvalue weighted by Crippen LogP contribution is 2.37. The van der Waals surface area contributed by atoms with E-state index in [4.69, 9.17) is 14.6 Å². The van der Waals surface area contributed by atoms with Crippen LogP contribution in [0.15, 0.2) is 23.4 Å². The number of carbonyl (C=O) groups excluding carboxylic acids is 1. The average molecular weight is 494 g/mol. The Labute approximate surface area is 200 Å². The van der Waals surface area contributed by atoms with Crippen molar-refractivity contribution in [2.24, 2.45) is 5.92 Å². The van der Waals surface area contributed by atoms with Crippen molar-refractivity contribution in [1.82, 2.24) is 14.9 Å². The molecule has 0 fully saturated rings. The number of nitro groups is 1. The second-order valence-corrected chi connectivity index (χ2v) is 8.20. The van der Waals surface area contributed by atoms with Crippen LogP contribution < -0.4 is 14.8 Å². The number of rotatable bonds is 12. The molecule has 34 heavy (non-hydrogen) atoms. The molecule has 2 aromatic rings. The maximum Gasteiger partial charge on any atom is 0.373 e. The van der Waals surface area contributed by atoms with E-state index in [-0.39, 0.29) is 53.0 Å². The summed E-state index contributed by atoms with van der Waals surface area (Å²) in [6.07, 6.45) is 2.17. The number of aromatic nitrogens is 2. The number of nitrogens with zero attached hydrogens (tertiary/aromatic N) is 4. The zero-order valence-corrected chi connectivity index (χ0v) is 20.3. The first kappa shape index (κ1) is 26.6. The first-order chi connectivity index (χ1) is 16.1. The van der Waals surface area contributed by atoms with Crippen LogP contribution in [0, 0.1) is 16.0 Å². The van der Waals surface area contributed by atoms with Crippen molar-refractivity contribution in [2.75, 3.05) is 39.3 Å². The van der Waals surface area contributed by atoms with Gasteiger partial charge in [0.1, 0.15) is 11.5 Å². The lowest BCUT2D eigenvalue weighted by Crippen LogP contribution is -2.21. The minimum atomic E-state index is -0.958. The van der Waals surface area contributed by atoms with Crippen LogP contribution in [-0.4, -0.2) is 70.8 Å². The zero-order chi connectivity index (χ0) is 25.4. The van der Waals surface area contributed by atoms with Crippen LogP contribution in [0.25, 0.3) is 0 Å². The van der Waals surface area contributed by atoms with Crippen LogP contribution in [0.2, 0.25) is 0 Å². The number of nitrogens with one attached hydrogen (secondary N) is 1. The number of hydrogen-bond acceptors (Lipinski definition) is 10. The van der Waals surface area contributed by atoms with Crippen molar-refractivity contribution in [2.45, 2.75) is 24.9 Å². The Balaban J connectivity index is 2.50. The summed E-state index contributed by atoms with van der Waals surface area (Å²) >= 11 is 1.15. The fourth-order valence-corrected chi connectivity index (χ4v) is 3.31. The first-order valence-electron chi connectivity index (χ1n) is 10.2. The number of methoxy groups -OCH3 is 1. The van der Waals surface area contributed by atoms with E-state index in [0.717, 1.165) is 11.8 Å². The van der Waals surface area contributed by atoms with E-state index in [2.05, 4.69) is 15.3 Å². The van der Waals surface area contributed by atoms with E-state index in [1.165, 1.54) is 30.2 Å². The van der Waals surface area contributed by atoms with Crippen molar-refractivity contribution < 1.29 is 29.1 Å². The van der Waals surface area contributed by atoms with Crippen LogP contribution >= 0.6 is 11.8 Å². The van der Waals surface area contributed by atoms with Gasteiger partial charge in [-0.2, -0.15) is 9.97 Å². The molecule has 0 aliphatic carbocycles. The van der Waals surface area contributed by atoms with Crippen molar-refractivity contribution >= 4 is 35.1 Å². The van der Waals surface area contributed by atoms with Gasteiger partial charge in [0, 0.05) is 38.7 Å². The Morgan fingerprint density at radius 3 is 2.47 bits per heavy atom. The lowest BCUT2D eigenvalue weighted by molar-refractivity contribution is -0.385. The summed E-state index contributed by atoms with van der Waals surface area (Å²) in [5.74, 6) is -1.50. The summed E-state index contributed by atoms with van der Waals surface area (Å²) in [5, 5.41) is 24.1. The van der Waals surface area contributed by atoms with E-state index in [0.29, 0.717) is 12.2 Å². The van der Waals surface area contributed by atoms with Crippen LogP contribution in [-0.2, 0) is 4.79 Å². The molecule has 1 atom stereocenters. The van der Waals surface area contributed by atoms with Crippen molar-refractivity contribution in [3.63, 3.8) is 0 Å². The van der Waals surface area contributed by atoms with Crippen molar-refractivity contribution in [3.8, 4) is 17.4 Å². The van der Waals surface area contributed by atoms with Gasteiger partial charge in [-0.1, -0.05) is 25.1 Å². The van der Waals surface area contributed by atoms with Gasteiger partial charge in [-0.15, -0.1) is 0 Å². The Bertz CT molecular complexity index is 1060. The van der Waals surface area contributed by atoms with E-state index in [1.807, 2.05) is 6.92 Å². The monoisotopic (exact) mass is 493 g/mol. The van der Waals surface area contributed by atoms with Gasteiger partial charge in [0.05, 0.1) is 12.0 Å². The molecule has 13 heteroatoms. The number of carboxylic acids is 1. The summed E-state index contributed by atoms with van der Waals surface area (Å²) in [6, 6.07) is 4.43. The lowest BCUT2D eigenvalue weighted by Gasteiger charge is -2.16. The molecule has 0 spiro atoms. The maximum atomic E-state index is 12.4. The standard InChI is InChI=1S/C21H27N5O7S/c1-6-12(7-16(27)28)11-22-18-17(26(30)31)19(24-21(23-18)34-5)33-15-9-13(20(29)25(2)3)8-14(10-15)32-4/h8-10,12H,6-7,11H2,1-5H3,(H,27,28)(H,22,23,24). The number of hydrogen-bond donors (Lipinski definition) is 2. The molecule has 1 heterocycles. The molecule has 0 aliphatic rings. The second-order valence-electron chi connectivity index (χ2n) is 7.42. The Morgan fingerprint density at radius 1 is 1.26 bits per heavy atom. The van der Waals surface area contributed by atoms with E-state index < -0.39 is 16.6 Å². The number of ether oxygens (including phenoxy) is 2. The average Bonchev–Trinajstić information content (AvgIpc) is 2.79. The Morgan fingerprint density at radius 2 is 1.94 bits per heavy atom. The van der Waals surface area contributed by atoms with Gasteiger partial charge >= 0.3 is 17.5 Å². The van der Waals surface area contributed by atoms with Crippen LogP contribution in [0.1, 0.15) is 30.1 Å². The number of aliphatic carboxylic acids is 1. The largest absolute Gasteiger partial charge is 0.497 e. The van der Waals surface area contributed by atoms with Gasteiger partial charge in [-0.05, 0) is 24.3 Å². The second kappa shape index (κ2) is 12.0. The number of thioether (sulfide) groups is 1. The van der Waals surface area contributed by atoms with Gasteiger partial charge in [-0.25, -0.2) is 0 Å². The smallest absolute Gasteiger partial charge is 0.373 e. The molecular formula is C21H27N5O7S. The maximum absolute atomic E-state index is 12.4. The summed E-state index contributed by atoms with van der Waals surface area (Å²) in [7, 11) is 4.60. The molecule has 0 saturated heterocycles. The van der Waals surface area contributed by atoms with Crippen LogP contribution in [0.4, 0.5) is 11.5 Å². The number of anilines is 1. The van der Waals surface area contributed by atoms with Gasteiger partial charge in [-0.3, -0.25) is 19.7 Å². The fourth-order valence-electron chi connectivity index (χ4n) is 2.96. The molecule has 12 nitrogen and oxygen atoms in total. The summed E-state index contributed by atoms with van der Waals surface area (Å²) in [6.45, 7) is 2.00. The molecule has 2 N–H and O–H groups in total. The van der Waals surface area contributed by atoms with Crippen molar-refractivity contribution in [1.29, 1.82) is 0 Å². The SMILES string of the molecule is CCC(CNc1nc(SC)nc(Oc2cc(OC)cc(C(=O)N(C)C)c2)c1[N+](=O)[O-])CC(=O)O. The molecule has 1 aromatic carbocycles. The van der Waals surface area contributed by atoms with Crippen molar-refractivity contribution in [3.05, 3.63) is 33.9 Å². The van der Waals surface area contributed by atoms with Gasteiger partial charge in [0.15, 0.2) is 5.16 Å². The Hall–Kier alpha value is -3.61. The molecular weight excluding hydrogens is 466 g/mol. The number of carbonyl (C=O) groups is 2. The third-order valence-electron chi connectivity index (χ3n) is 4.78. The molecule has 184 valence electrons. The third-order valence-corrected chi connectivity index (χ3v) is 5.33.